The van der Waals surface area contributed by atoms with Crippen molar-refractivity contribution >= 4 is 29.9 Å². The van der Waals surface area contributed by atoms with E-state index in [4.69, 9.17) is 14.2 Å². The number of halogens is 1. The molecule has 31 heavy (non-hydrogen) atoms. The van der Waals surface area contributed by atoms with E-state index in [0.717, 1.165) is 55.1 Å². The fourth-order valence-corrected chi connectivity index (χ4v) is 2.83. The zero-order valence-corrected chi connectivity index (χ0v) is 20.6. The summed E-state index contributed by atoms with van der Waals surface area (Å²) in [4.78, 5) is 8.56. The molecule has 0 unspecified atom stereocenters. The van der Waals surface area contributed by atoms with E-state index >= 15 is 0 Å². The first-order valence-electron chi connectivity index (χ1n) is 10.6. The minimum Gasteiger partial charge on any atom is -0.494 e. The Hall–Kier alpha value is -2.07. The van der Waals surface area contributed by atoms with Crippen LogP contribution in [-0.2, 0) is 11.3 Å². The van der Waals surface area contributed by atoms with Gasteiger partial charge in [0.25, 0.3) is 0 Å². The van der Waals surface area contributed by atoms with Crippen LogP contribution in [0.2, 0.25) is 0 Å². The molecule has 0 atom stereocenters. The maximum absolute atomic E-state index is 5.85. The topological polar surface area (TPSA) is 77.0 Å². The lowest BCUT2D eigenvalue weighted by molar-refractivity contribution is 0.123. The van der Waals surface area contributed by atoms with Gasteiger partial charge in [0.15, 0.2) is 5.96 Å². The Bertz CT molecular complexity index is 798. The number of pyridine rings is 1. The lowest BCUT2D eigenvalue weighted by atomic mass is 10.2. The van der Waals surface area contributed by atoms with Gasteiger partial charge in [0.05, 0.1) is 6.61 Å². The fourth-order valence-electron chi connectivity index (χ4n) is 2.83. The lowest BCUT2D eigenvalue weighted by Crippen LogP contribution is -2.37. The van der Waals surface area contributed by atoms with E-state index in [1.54, 1.807) is 13.2 Å². The van der Waals surface area contributed by atoms with Crippen LogP contribution >= 0.6 is 24.0 Å². The average Bonchev–Trinajstić information content (AvgIpc) is 3.59. The quantitative estimate of drug-likeness (QED) is 0.180. The van der Waals surface area contributed by atoms with Crippen LogP contribution in [0.5, 0.6) is 17.4 Å². The van der Waals surface area contributed by atoms with E-state index < -0.39 is 0 Å². The summed E-state index contributed by atoms with van der Waals surface area (Å²) in [5, 5.41) is 6.63. The summed E-state index contributed by atoms with van der Waals surface area (Å²) in [6, 6.07) is 11.4. The second-order valence-corrected chi connectivity index (χ2v) is 7.23. The SMILES string of the molecule is CCOc1ccc(Oc2cc(CNC(=NC)NCCCOCC3CC3)ccn2)cc1.I. The van der Waals surface area contributed by atoms with E-state index in [0.29, 0.717) is 19.0 Å². The normalized spacial score (nSPS) is 13.3. The molecule has 0 saturated heterocycles. The number of rotatable bonds is 12. The molecule has 2 N–H and O–H groups in total. The summed E-state index contributed by atoms with van der Waals surface area (Å²) in [6.07, 6.45) is 5.37. The molecule has 3 rings (SSSR count). The smallest absolute Gasteiger partial charge is 0.219 e. The third kappa shape index (κ3) is 9.73. The molecule has 2 aromatic rings. The standard InChI is InChI=1S/C23H32N4O3.HI/c1-3-29-20-7-9-21(10-8-20)30-22-15-19(11-13-25-22)16-27-23(24-2)26-12-4-14-28-17-18-5-6-18;/h7-11,13,15,18H,3-6,12,14,16-17H2,1-2H3,(H2,24,26,27);1H. The summed E-state index contributed by atoms with van der Waals surface area (Å²) in [5.74, 6) is 3.68. The molecule has 1 fully saturated rings. The van der Waals surface area contributed by atoms with Crippen LogP contribution in [0, 0.1) is 5.92 Å². The zero-order chi connectivity index (χ0) is 21.0. The number of hydrogen-bond donors (Lipinski definition) is 2. The Morgan fingerprint density at radius 2 is 1.90 bits per heavy atom. The van der Waals surface area contributed by atoms with Crippen LogP contribution in [0.25, 0.3) is 0 Å². The number of aliphatic imine (C=N–C) groups is 1. The minimum atomic E-state index is 0. The number of ether oxygens (including phenoxy) is 3. The van der Waals surface area contributed by atoms with Crippen LogP contribution in [0.3, 0.4) is 0 Å². The number of benzene rings is 1. The molecule has 1 aromatic carbocycles. The van der Waals surface area contributed by atoms with Crippen LogP contribution in [0.4, 0.5) is 0 Å². The van der Waals surface area contributed by atoms with Gasteiger partial charge < -0.3 is 24.8 Å². The van der Waals surface area contributed by atoms with Gasteiger partial charge in [0, 0.05) is 45.6 Å². The molecule has 1 saturated carbocycles. The number of nitrogens with zero attached hydrogens (tertiary/aromatic N) is 2. The number of hydrogen-bond acceptors (Lipinski definition) is 5. The molecular formula is C23H33IN4O3. The Morgan fingerprint density at radius 3 is 2.61 bits per heavy atom. The molecule has 1 heterocycles. The monoisotopic (exact) mass is 540 g/mol. The third-order valence-corrected chi connectivity index (χ3v) is 4.65. The van der Waals surface area contributed by atoms with Crippen molar-refractivity contribution in [3.8, 4) is 17.4 Å². The van der Waals surface area contributed by atoms with Gasteiger partial charge in [-0.1, -0.05) is 0 Å². The number of aromatic nitrogens is 1. The van der Waals surface area contributed by atoms with Gasteiger partial charge in [0.2, 0.25) is 5.88 Å². The summed E-state index contributed by atoms with van der Waals surface area (Å²) < 4.78 is 17.0. The highest BCUT2D eigenvalue weighted by atomic mass is 127. The summed E-state index contributed by atoms with van der Waals surface area (Å²) in [5.41, 5.74) is 1.06. The Kier molecular flexibility index (Phi) is 11.4. The van der Waals surface area contributed by atoms with Crippen LogP contribution in [0.1, 0.15) is 31.7 Å². The fraction of sp³-hybridized carbons (Fsp3) is 0.478. The predicted octanol–water partition coefficient (Wildman–Crippen LogP) is 4.37. The average molecular weight is 540 g/mol. The summed E-state index contributed by atoms with van der Waals surface area (Å²) in [6.45, 7) is 5.76. The van der Waals surface area contributed by atoms with E-state index in [1.165, 1.54) is 12.8 Å². The van der Waals surface area contributed by atoms with Gasteiger partial charge >= 0.3 is 0 Å². The molecule has 7 nitrogen and oxygen atoms in total. The Balaban J connectivity index is 0.00000341. The second kappa shape index (κ2) is 14.1. The zero-order valence-electron chi connectivity index (χ0n) is 18.3. The van der Waals surface area contributed by atoms with Gasteiger partial charge in [-0.05, 0) is 68.0 Å². The molecule has 0 spiro atoms. The van der Waals surface area contributed by atoms with Crippen molar-refractivity contribution in [2.45, 2.75) is 32.7 Å². The first kappa shape index (κ1) is 25.2. The van der Waals surface area contributed by atoms with Crippen molar-refractivity contribution in [2.24, 2.45) is 10.9 Å². The molecule has 8 heteroatoms. The minimum absolute atomic E-state index is 0. The molecule has 0 aliphatic heterocycles. The maximum atomic E-state index is 5.85. The number of guanidine groups is 1. The van der Waals surface area contributed by atoms with Crippen LogP contribution in [0.15, 0.2) is 47.6 Å². The van der Waals surface area contributed by atoms with Crippen molar-refractivity contribution in [2.75, 3.05) is 33.4 Å². The molecule has 0 bridgehead atoms. The van der Waals surface area contributed by atoms with E-state index in [9.17, 15) is 0 Å². The highest BCUT2D eigenvalue weighted by molar-refractivity contribution is 14.0. The lowest BCUT2D eigenvalue weighted by Gasteiger charge is -2.12. The second-order valence-electron chi connectivity index (χ2n) is 7.23. The molecule has 1 aromatic heterocycles. The third-order valence-electron chi connectivity index (χ3n) is 4.65. The van der Waals surface area contributed by atoms with Gasteiger partial charge in [-0.3, -0.25) is 4.99 Å². The van der Waals surface area contributed by atoms with E-state index in [-0.39, 0.29) is 24.0 Å². The first-order chi connectivity index (χ1) is 14.8. The highest BCUT2D eigenvalue weighted by Crippen LogP contribution is 2.28. The molecule has 1 aliphatic rings. The summed E-state index contributed by atoms with van der Waals surface area (Å²) in [7, 11) is 1.77. The van der Waals surface area contributed by atoms with Gasteiger partial charge in [-0.2, -0.15) is 0 Å². The van der Waals surface area contributed by atoms with Gasteiger partial charge in [-0.25, -0.2) is 4.98 Å². The van der Waals surface area contributed by atoms with E-state index in [2.05, 4.69) is 20.6 Å². The van der Waals surface area contributed by atoms with Gasteiger partial charge in [-0.15, -0.1) is 24.0 Å². The van der Waals surface area contributed by atoms with Gasteiger partial charge in [0.1, 0.15) is 11.5 Å². The van der Waals surface area contributed by atoms with Crippen molar-refractivity contribution in [1.82, 2.24) is 15.6 Å². The predicted molar refractivity (Wildman–Crippen MR) is 134 cm³/mol. The molecular weight excluding hydrogens is 507 g/mol. The molecule has 170 valence electrons. The van der Waals surface area contributed by atoms with Crippen molar-refractivity contribution < 1.29 is 14.2 Å². The largest absolute Gasteiger partial charge is 0.494 e. The summed E-state index contributed by atoms with van der Waals surface area (Å²) >= 11 is 0. The van der Waals surface area contributed by atoms with Crippen LogP contribution in [-0.4, -0.2) is 44.4 Å². The first-order valence-corrected chi connectivity index (χ1v) is 10.6. The van der Waals surface area contributed by atoms with Crippen LogP contribution < -0.4 is 20.1 Å². The number of nitrogens with one attached hydrogen (secondary N) is 2. The highest BCUT2D eigenvalue weighted by Gasteiger charge is 2.20. The van der Waals surface area contributed by atoms with Crippen molar-refractivity contribution in [1.29, 1.82) is 0 Å². The van der Waals surface area contributed by atoms with Crippen molar-refractivity contribution in [3.05, 3.63) is 48.2 Å². The Labute approximate surface area is 202 Å². The Morgan fingerprint density at radius 1 is 1.13 bits per heavy atom. The molecule has 0 amide bonds. The molecule has 0 radical (unpaired) electrons. The van der Waals surface area contributed by atoms with Crippen molar-refractivity contribution in [3.63, 3.8) is 0 Å². The maximum Gasteiger partial charge on any atom is 0.219 e. The van der Waals surface area contributed by atoms with E-state index in [1.807, 2.05) is 43.3 Å². The molecule has 1 aliphatic carbocycles.